The predicted molar refractivity (Wildman–Crippen MR) is 149 cm³/mol. The zero-order valence-corrected chi connectivity index (χ0v) is 23.7. The molecule has 0 amide bonds. The van der Waals surface area contributed by atoms with Crippen molar-refractivity contribution < 1.29 is 38.1 Å². The average molecular weight is 620 g/mol. The number of hydrogen-bond acceptors (Lipinski definition) is 10. The molecule has 4 N–H and O–H groups in total. The summed E-state index contributed by atoms with van der Waals surface area (Å²) in [6.45, 7) is 0.655. The van der Waals surface area contributed by atoms with Crippen LogP contribution < -0.4 is 20.9 Å². The second-order valence-electron chi connectivity index (χ2n) is 9.24. The lowest BCUT2D eigenvalue weighted by Crippen LogP contribution is -2.48. The maximum Gasteiger partial charge on any atom is 0.459 e. The number of ether oxygens (including phenoxy) is 2. The minimum atomic E-state index is -4.43. The van der Waals surface area contributed by atoms with Crippen molar-refractivity contribution in [1.29, 1.82) is 0 Å². The maximum absolute atomic E-state index is 13.9. The van der Waals surface area contributed by atoms with E-state index in [9.17, 15) is 29.2 Å². The number of aliphatic hydroxyl groups excluding tert-OH is 1. The first kappa shape index (κ1) is 31.2. The molecular weight excluding hydrogens is 593 g/mol. The molecule has 2 unspecified atom stereocenters. The smallest absolute Gasteiger partial charge is 0.459 e. The molecule has 13 nitrogen and oxygen atoms in total. The third-order valence-electron chi connectivity index (χ3n) is 6.20. The molecule has 4 rings (SSSR count). The number of carbonyl (C=O) groups excluding carboxylic acids is 1. The summed E-state index contributed by atoms with van der Waals surface area (Å²) in [6.07, 6.45) is 1.57. The Balaban J connectivity index is 1.52. The van der Waals surface area contributed by atoms with Crippen molar-refractivity contribution in [2.75, 3.05) is 6.61 Å². The number of hydrogen-bond donors (Lipinski definition) is 4. The van der Waals surface area contributed by atoms with Crippen LogP contribution in [0.2, 0.25) is 5.02 Å². The van der Waals surface area contributed by atoms with E-state index in [1.165, 1.54) is 31.2 Å². The zero-order valence-electron chi connectivity index (χ0n) is 22.1. The van der Waals surface area contributed by atoms with Gasteiger partial charge in [0.25, 0.3) is 5.56 Å². The number of aromatic nitrogens is 2. The summed E-state index contributed by atoms with van der Waals surface area (Å²) in [5.74, 6) is 1.31. The van der Waals surface area contributed by atoms with Gasteiger partial charge in [0.05, 0.1) is 6.61 Å². The molecule has 0 aliphatic carbocycles. The molecule has 3 aromatic rings. The molecule has 1 aliphatic heterocycles. The number of aliphatic hydroxyl groups is 2. The number of aromatic amines is 1. The van der Waals surface area contributed by atoms with Gasteiger partial charge in [-0.2, -0.15) is 5.09 Å². The van der Waals surface area contributed by atoms with Crippen molar-refractivity contribution in [2.45, 2.75) is 43.6 Å². The van der Waals surface area contributed by atoms with Gasteiger partial charge in [0.1, 0.15) is 30.6 Å². The van der Waals surface area contributed by atoms with Gasteiger partial charge >= 0.3 is 19.4 Å². The monoisotopic (exact) mass is 619 g/mol. The Morgan fingerprint density at radius 2 is 1.93 bits per heavy atom. The van der Waals surface area contributed by atoms with Gasteiger partial charge in [0.15, 0.2) is 11.8 Å². The topological polar surface area (TPSA) is 178 Å². The van der Waals surface area contributed by atoms with Crippen LogP contribution >= 0.6 is 19.3 Å². The Kier molecular flexibility index (Phi) is 9.71. The molecule has 2 heterocycles. The molecule has 1 aliphatic rings. The molecule has 0 radical (unpaired) electrons. The number of terminal acetylenes is 1. The van der Waals surface area contributed by atoms with Crippen molar-refractivity contribution in [1.82, 2.24) is 14.6 Å². The molecular formula is C27H27ClN3O10P. The average Bonchev–Trinajstić information content (AvgIpc) is 3.22. The van der Waals surface area contributed by atoms with E-state index < -0.39 is 61.7 Å². The number of benzene rings is 2. The summed E-state index contributed by atoms with van der Waals surface area (Å²) in [5.41, 5.74) is -3.38. The van der Waals surface area contributed by atoms with Gasteiger partial charge < -0.3 is 24.2 Å². The quantitative estimate of drug-likeness (QED) is 0.140. The molecule has 15 heteroatoms. The fourth-order valence-electron chi connectivity index (χ4n) is 3.99. The Labute approximate surface area is 244 Å². The number of halogens is 1. The third-order valence-corrected chi connectivity index (χ3v) is 8.09. The fourth-order valence-corrected chi connectivity index (χ4v) is 5.62. The highest BCUT2D eigenvalue weighted by Crippen LogP contribution is 2.47. The van der Waals surface area contributed by atoms with Crippen LogP contribution in [0, 0.1) is 12.3 Å². The highest BCUT2D eigenvalue weighted by Gasteiger charge is 2.56. The van der Waals surface area contributed by atoms with E-state index in [1.54, 1.807) is 24.3 Å². The lowest BCUT2D eigenvalue weighted by Gasteiger charge is -2.26. The first-order chi connectivity index (χ1) is 19.9. The van der Waals surface area contributed by atoms with Crippen LogP contribution in [-0.2, 0) is 30.0 Å². The molecule has 1 aromatic heterocycles. The first-order valence-electron chi connectivity index (χ1n) is 12.5. The Morgan fingerprint density at radius 3 is 2.57 bits per heavy atom. The SMILES string of the molecule is C#C[C@]1(O)C(n2ccc(=O)[nH]c2=O)O[C@H](COP(=O)(N[C@@H](C)C(=O)OCc2ccccc2)Oc2ccc(Cl)cc2)[C@H]1O. The van der Waals surface area contributed by atoms with Gasteiger partial charge in [-0.15, -0.1) is 6.42 Å². The predicted octanol–water partition coefficient (Wildman–Crippen LogP) is 1.74. The number of H-pyrrole nitrogens is 1. The highest BCUT2D eigenvalue weighted by molar-refractivity contribution is 7.52. The van der Waals surface area contributed by atoms with Crippen LogP contribution in [0.5, 0.6) is 5.75 Å². The van der Waals surface area contributed by atoms with Gasteiger partial charge in [-0.05, 0) is 36.8 Å². The van der Waals surface area contributed by atoms with E-state index in [4.69, 9.17) is 36.5 Å². The minimum Gasteiger partial charge on any atom is -0.460 e. The largest absolute Gasteiger partial charge is 0.460 e. The van der Waals surface area contributed by atoms with Crippen LogP contribution in [0.25, 0.3) is 0 Å². The van der Waals surface area contributed by atoms with Crippen LogP contribution in [-0.4, -0.2) is 56.2 Å². The summed E-state index contributed by atoms with van der Waals surface area (Å²) < 4.78 is 36.7. The van der Waals surface area contributed by atoms with Crippen molar-refractivity contribution in [3.05, 3.63) is 98.3 Å². The van der Waals surface area contributed by atoms with E-state index in [-0.39, 0.29) is 12.4 Å². The molecule has 42 heavy (non-hydrogen) atoms. The van der Waals surface area contributed by atoms with E-state index in [2.05, 4.69) is 5.09 Å². The van der Waals surface area contributed by atoms with Crippen molar-refractivity contribution in [3.8, 4) is 18.1 Å². The van der Waals surface area contributed by atoms with Crippen molar-refractivity contribution in [2.24, 2.45) is 0 Å². The molecule has 222 valence electrons. The number of nitrogens with zero attached hydrogens (tertiary/aromatic N) is 1. The number of carbonyl (C=O) groups is 1. The van der Waals surface area contributed by atoms with Gasteiger partial charge in [-0.25, -0.2) is 9.36 Å². The summed E-state index contributed by atoms with van der Waals surface area (Å²) in [4.78, 5) is 38.5. The van der Waals surface area contributed by atoms with Gasteiger partial charge in [0, 0.05) is 17.3 Å². The van der Waals surface area contributed by atoms with E-state index in [1.807, 2.05) is 17.0 Å². The Bertz CT molecular complexity index is 1610. The Hall–Kier alpha value is -3.73. The summed E-state index contributed by atoms with van der Waals surface area (Å²) in [5, 5.41) is 24.7. The van der Waals surface area contributed by atoms with E-state index >= 15 is 0 Å². The molecule has 0 spiro atoms. The lowest BCUT2D eigenvalue weighted by molar-refractivity contribution is -0.146. The van der Waals surface area contributed by atoms with Crippen molar-refractivity contribution in [3.63, 3.8) is 0 Å². The van der Waals surface area contributed by atoms with Gasteiger partial charge in [-0.3, -0.25) is 23.7 Å². The van der Waals surface area contributed by atoms with Crippen LogP contribution in [0.4, 0.5) is 0 Å². The summed E-state index contributed by atoms with van der Waals surface area (Å²) in [7, 11) is -4.43. The normalized spacial score (nSPS) is 23.8. The number of esters is 1. The lowest BCUT2D eigenvalue weighted by atomic mass is 9.95. The molecule has 0 bridgehead atoms. The third kappa shape index (κ3) is 7.18. The Morgan fingerprint density at radius 1 is 1.24 bits per heavy atom. The van der Waals surface area contributed by atoms with Gasteiger partial charge in [0.2, 0.25) is 0 Å². The summed E-state index contributed by atoms with van der Waals surface area (Å²) >= 11 is 5.92. The van der Waals surface area contributed by atoms with Crippen LogP contribution in [0.15, 0.2) is 76.4 Å². The van der Waals surface area contributed by atoms with E-state index in [0.29, 0.717) is 5.02 Å². The number of nitrogens with one attached hydrogen (secondary N) is 2. The van der Waals surface area contributed by atoms with E-state index in [0.717, 1.165) is 22.4 Å². The standard InChI is InChI=1S/C27H27ClN3O10P/c1-3-27(36)23(33)21(40-25(27)31-14-13-22(32)29-26(31)35)16-39-42(37,41-20-11-9-19(28)10-12-20)30-17(2)24(34)38-15-18-7-5-4-6-8-18/h1,4-14,17,21,23,25,33,36H,15-16H2,2H3,(H,30,37)(H,29,32,35)/t17-,21+,23+,25?,27+,42?/m0/s1. The minimum absolute atomic E-state index is 0.0345. The molecule has 0 saturated carbocycles. The maximum atomic E-state index is 13.9. The highest BCUT2D eigenvalue weighted by atomic mass is 35.5. The molecule has 1 saturated heterocycles. The first-order valence-corrected chi connectivity index (χ1v) is 14.4. The van der Waals surface area contributed by atoms with Crippen molar-refractivity contribution >= 4 is 25.3 Å². The van der Waals surface area contributed by atoms with Crippen LogP contribution in [0.1, 0.15) is 18.7 Å². The van der Waals surface area contributed by atoms with Crippen LogP contribution in [0.3, 0.4) is 0 Å². The molecule has 6 atom stereocenters. The number of rotatable bonds is 11. The molecule has 2 aromatic carbocycles. The van der Waals surface area contributed by atoms with Gasteiger partial charge in [-0.1, -0.05) is 47.9 Å². The zero-order chi connectivity index (χ0) is 30.5. The second-order valence-corrected chi connectivity index (χ2v) is 11.4. The molecule has 1 fully saturated rings. The summed E-state index contributed by atoms with van der Waals surface area (Å²) in [6, 6.07) is 14.5. The fraction of sp³-hybridized carbons (Fsp3) is 0.296. The second kappa shape index (κ2) is 13.1.